The van der Waals surface area contributed by atoms with Crippen molar-refractivity contribution in [3.05, 3.63) is 0 Å². The molecule has 0 aromatic carbocycles. The highest BCUT2D eigenvalue weighted by molar-refractivity contribution is 6.40. The lowest BCUT2D eigenvalue weighted by molar-refractivity contribution is -0.113. The molecule has 3 heteroatoms. The van der Waals surface area contributed by atoms with E-state index in [0.717, 1.165) is 19.3 Å². The molecule has 0 aromatic heterocycles. The fourth-order valence-corrected chi connectivity index (χ4v) is 4.88. The minimum atomic E-state index is 0.153. The van der Waals surface area contributed by atoms with Crippen LogP contribution in [0.3, 0.4) is 0 Å². The summed E-state index contributed by atoms with van der Waals surface area (Å²) in [6, 6.07) is 0. The summed E-state index contributed by atoms with van der Waals surface area (Å²) in [4.78, 5) is 17.9. The molecule has 1 heterocycles. The molecule has 0 N–H and O–H groups in total. The number of carbonyl (C=O) groups excluding carboxylic acids is 1. The zero-order chi connectivity index (χ0) is 23.8. The minimum Gasteiger partial charge on any atom is -0.392 e. The Balaban J connectivity index is 1.85. The Labute approximate surface area is 206 Å². The highest BCUT2D eigenvalue weighted by Gasteiger charge is 2.25. The van der Waals surface area contributed by atoms with E-state index in [4.69, 9.17) is 4.84 Å². The number of unbranched alkanes of at least 4 members (excludes halogenated alkanes) is 20. The van der Waals surface area contributed by atoms with Crippen molar-refractivity contribution in [2.75, 3.05) is 0 Å². The molecular weight excluding hydrogens is 406 g/mol. The summed E-state index contributed by atoms with van der Waals surface area (Å²) in [5, 5.41) is 4.12. The maximum absolute atomic E-state index is 12.4. The van der Waals surface area contributed by atoms with Crippen molar-refractivity contribution in [3.8, 4) is 0 Å². The lowest BCUT2D eigenvalue weighted by atomic mass is 10.00. The van der Waals surface area contributed by atoms with Gasteiger partial charge in [0.15, 0.2) is 5.78 Å². The molecule has 3 nitrogen and oxygen atoms in total. The summed E-state index contributed by atoms with van der Waals surface area (Å²) in [5.74, 6) is 0.229. The fourth-order valence-electron chi connectivity index (χ4n) is 4.88. The van der Waals surface area contributed by atoms with Crippen LogP contribution in [0.5, 0.6) is 0 Å². The first-order valence-electron chi connectivity index (χ1n) is 15.0. The highest BCUT2D eigenvalue weighted by atomic mass is 16.6. The van der Waals surface area contributed by atoms with Crippen LogP contribution in [0, 0.1) is 0 Å². The first-order valence-corrected chi connectivity index (χ1v) is 15.0. The van der Waals surface area contributed by atoms with E-state index in [9.17, 15) is 4.79 Å². The van der Waals surface area contributed by atoms with Crippen LogP contribution < -0.4 is 0 Å². The molecule has 0 amide bonds. The Morgan fingerprint density at radius 2 is 1.03 bits per heavy atom. The van der Waals surface area contributed by atoms with Gasteiger partial charge in [0.2, 0.25) is 0 Å². The second-order valence-corrected chi connectivity index (χ2v) is 10.5. The lowest BCUT2D eigenvalue weighted by Crippen LogP contribution is -2.15. The minimum absolute atomic E-state index is 0.153. The Hall–Kier alpha value is -0.860. The van der Waals surface area contributed by atoms with E-state index in [2.05, 4.69) is 19.0 Å². The van der Waals surface area contributed by atoms with Gasteiger partial charge in [0.1, 0.15) is 11.8 Å². The standard InChI is InChI=1S/C30H57NO2/c1-3-5-7-9-11-13-14-15-16-17-18-20-22-24-26-30(32)29-27-28(33-31-29)25-23-21-19-12-10-8-6-4-2/h28H,3-27H2,1-2H3. The molecule has 0 aromatic rings. The molecule has 0 spiro atoms. The van der Waals surface area contributed by atoms with Crippen molar-refractivity contribution in [2.45, 2.75) is 180 Å². The third kappa shape index (κ3) is 18.2. The molecule has 1 aliphatic heterocycles. The maximum atomic E-state index is 12.4. The van der Waals surface area contributed by atoms with Gasteiger partial charge in [0, 0.05) is 12.8 Å². The van der Waals surface area contributed by atoms with Gasteiger partial charge in [-0.3, -0.25) is 4.79 Å². The fraction of sp³-hybridized carbons (Fsp3) is 0.933. The van der Waals surface area contributed by atoms with Crippen LogP contribution in [0.4, 0.5) is 0 Å². The zero-order valence-electron chi connectivity index (χ0n) is 22.5. The van der Waals surface area contributed by atoms with Gasteiger partial charge in [-0.05, 0) is 19.3 Å². The van der Waals surface area contributed by atoms with E-state index in [1.807, 2.05) is 0 Å². The number of ketones is 1. The van der Waals surface area contributed by atoms with Crippen molar-refractivity contribution < 1.29 is 9.63 Å². The molecule has 194 valence electrons. The Morgan fingerprint density at radius 1 is 0.636 bits per heavy atom. The van der Waals surface area contributed by atoms with Crippen molar-refractivity contribution in [3.63, 3.8) is 0 Å². The number of carbonyl (C=O) groups is 1. The number of nitrogens with zero attached hydrogens (tertiary/aromatic N) is 1. The average molecular weight is 464 g/mol. The van der Waals surface area contributed by atoms with Gasteiger partial charge in [-0.1, -0.05) is 147 Å². The van der Waals surface area contributed by atoms with Crippen LogP contribution in [-0.4, -0.2) is 17.6 Å². The molecule has 0 fully saturated rings. The number of hydrogen-bond acceptors (Lipinski definition) is 3. The predicted molar refractivity (Wildman–Crippen MR) is 144 cm³/mol. The van der Waals surface area contributed by atoms with Gasteiger partial charge >= 0.3 is 0 Å². The molecule has 1 atom stereocenters. The van der Waals surface area contributed by atoms with Crippen LogP contribution in [-0.2, 0) is 9.63 Å². The number of rotatable bonds is 25. The normalized spacial score (nSPS) is 15.6. The lowest BCUT2D eigenvalue weighted by Gasteiger charge is -2.07. The van der Waals surface area contributed by atoms with E-state index in [-0.39, 0.29) is 11.9 Å². The first kappa shape index (κ1) is 30.2. The van der Waals surface area contributed by atoms with Gasteiger partial charge < -0.3 is 4.84 Å². The molecule has 1 rings (SSSR count). The van der Waals surface area contributed by atoms with E-state index in [1.165, 1.54) is 135 Å². The van der Waals surface area contributed by atoms with Crippen LogP contribution in [0.1, 0.15) is 174 Å². The summed E-state index contributed by atoms with van der Waals surface area (Å²) >= 11 is 0. The maximum Gasteiger partial charge on any atom is 0.180 e. The SMILES string of the molecule is CCCCCCCCCCCCCCCCC(=O)C1=NOC(CCCCCCCCCC)C1. The largest absolute Gasteiger partial charge is 0.392 e. The third-order valence-electron chi connectivity index (χ3n) is 7.19. The predicted octanol–water partition coefficient (Wildman–Crippen LogP) is 10.1. The summed E-state index contributed by atoms with van der Waals surface area (Å²) in [7, 11) is 0. The Kier molecular flexibility index (Phi) is 20.9. The average Bonchev–Trinajstić information content (AvgIpc) is 3.30. The number of oxime groups is 1. The number of hydrogen-bond donors (Lipinski definition) is 0. The summed E-state index contributed by atoms with van der Waals surface area (Å²) in [6.45, 7) is 4.55. The van der Waals surface area contributed by atoms with Crippen LogP contribution in [0.15, 0.2) is 5.16 Å². The molecule has 0 bridgehead atoms. The van der Waals surface area contributed by atoms with Gasteiger partial charge in [-0.25, -0.2) is 0 Å². The molecular formula is C30H57NO2. The smallest absolute Gasteiger partial charge is 0.180 e. The van der Waals surface area contributed by atoms with Crippen molar-refractivity contribution in [1.29, 1.82) is 0 Å². The second-order valence-electron chi connectivity index (χ2n) is 10.5. The van der Waals surface area contributed by atoms with E-state index >= 15 is 0 Å². The van der Waals surface area contributed by atoms with Gasteiger partial charge in [-0.2, -0.15) is 0 Å². The van der Waals surface area contributed by atoms with Crippen LogP contribution in [0.2, 0.25) is 0 Å². The van der Waals surface area contributed by atoms with Crippen molar-refractivity contribution in [1.82, 2.24) is 0 Å². The topological polar surface area (TPSA) is 38.7 Å². The Bertz CT molecular complexity index is 474. The second kappa shape index (κ2) is 22.9. The highest BCUT2D eigenvalue weighted by Crippen LogP contribution is 2.20. The van der Waals surface area contributed by atoms with Gasteiger partial charge in [0.05, 0.1) is 0 Å². The molecule has 33 heavy (non-hydrogen) atoms. The Morgan fingerprint density at radius 3 is 1.48 bits per heavy atom. The molecule has 0 saturated heterocycles. The molecule has 0 radical (unpaired) electrons. The molecule has 0 aliphatic carbocycles. The molecule has 1 unspecified atom stereocenters. The third-order valence-corrected chi connectivity index (χ3v) is 7.19. The van der Waals surface area contributed by atoms with E-state index in [0.29, 0.717) is 12.1 Å². The van der Waals surface area contributed by atoms with Crippen molar-refractivity contribution in [2.24, 2.45) is 5.16 Å². The van der Waals surface area contributed by atoms with Gasteiger partial charge in [0.25, 0.3) is 0 Å². The zero-order valence-corrected chi connectivity index (χ0v) is 22.5. The quantitative estimate of drug-likeness (QED) is 0.126. The van der Waals surface area contributed by atoms with Crippen molar-refractivity contribution >= 4 is 11.5 Å². The van der Waals surface area contributed by atoms with Gasteiger partial charge in [-0.15, -0.1) is 0 Å². The summed E-state index contributed by atoms with van der Waals surface area (Å²) < 4.78 is 0. The molecule has 1 aliphatic rings. The first-order chi connectivity index (χ1) is 16.3. The summed E-state index contributed by atoms with van der Waals surface area (Å²) in [5.41, 5.74) is 0.703. The number of Topliss-reactive ketones (excluding diaryl/α,β-unsaturated/α-hetero) is 1. The van der Waals surface area contributed by atoms with E-state index < -0.39 is 0 Å². The monoisotopic (exact) mass is 463 g/mol. The summed E-state index contributed by atoms with van der Waals surface area (Å²) in [6.07, 6.45) is 32.1. The van der Waals surface area contributed by atoms with Crippen LogP contribution in [0.25, 0.3) is 0 Å². The van der Waals surface area contributed by atoms with Crippen LogP contribution >= 0.6 is 0 Å². The van der Waals surface area contributed by atoms with E-state index in [1.54, 1.807) is 0 Å². The molecule has 0 saturated carbocycles.